The standard InChI is InChI=1S/C11H15NO2S/c13-9-5-2-1-4-8(9)12-11(14)10-6-3-7-15-10/h3,6-9,13H,1-2,4-5H2,(H,12,14)/t8-,9+/m1/s1. The van der Waals surface area contributed by atoms with Gasteiger partial charge in [0.15, 0.2) is 0 Å². The van der Waals surface area contributed by atoms with Gasteiger partial charge in [-0.3, -0.25) is 4.79 Å². The van der Waals surface area contributed by atoms with Crippen molar-refractivity contribution in [3.8, 4) is 0 Å². The fraction of sp³-hybridized carbons (Fsp3) is 0.545. The molecule has 1 aromatic rings. The molecule has 4 heteroatoms. The van der Waals surface area contributed by atoms with Gasteiger partial charge in [-0.15, -0.1) is 11.3 Å². The van der Waals surface area contributed by atoms with Gasteiger partial charge in [0.1, 0.15) is 0 Å². The lowest BCUT2D eigenvalue weighted by Crippen LogP contribution is -2.44. The summed E-state index contributed by atoms with van der Waals surface area (Å²) in [5.74, 6) is -0.0593. The molecular weight excluding hydrogens is 210 g/mol. The Bertz CT molecular complexity index is 323. The van der Waals surface area contributed by atoms with Gasteiger partial charge in [-0.05, 0) is 24.3 Å². The number of carbonyl (C=O) groups is 1. The summed E-state index contributed by atoms with van der Waals surface area (Å²) in [6, 6.07) is 3.60. The molecule has 0 aliphatic heterocycles. The molecule has 0 radical (unpaired) electrons. The molecule has 2 N–H and O–H groups in total. The molecule has 1 fully saturated rings. The molecule has 2 rings (SSSR count). The highest BCUT2D eigenvalue weighted by atomic mass is 32.1. The maximum absolute atomic E-state index is 11.7. The van der Waals surface area contributed by atoms with Crippen LogP contribution in [0.3, 0.4) is 0 Å². The molecule has 0 aromatic carbocycles. The molecule has 1 heterocycles. The van der Waals surface area contributed by atoms with Gasteiger partial charge < -0.3 is 10.4 Å². The topological polar surface area (TPSA) is 49.3 Å². The molecule has 1 aromatic heterocycles. The largest absolute Gasteiger partial charge is 0.391 e. The second-order valence-electron chi connectivity index (χ2n) is 3.91. The summed E-state index contributed by atoms with van der Waals surface area (Å²) >= 11 is 1.43. The zero-order valence-electron chi connectivity index (χ0n) is 8.48. The average Bonchev–Trinajstić information content (AvgIpc) is 2.74. The van der Waals surface area contributed by atoms with Gasteiger partial charge in [0.2, 0.25) is 0 Å². The number of carbonyl (C=O) groups excluding carboxylic acids is 1. The van der Waals surface area contributed by atoms with Gasteiger partial charge in [-0.2, -0.15) is 0 Å². The lowest BCUT2D eigenvalue weighted by molar-refractivity contribution is 0.0720. The molecule has 1 saturated carbocycles. The van der Waals surface area contributed by atoms with Gasteiger partial charge in [-0.25, -0.2) is 0 Å². The van der Waals surface area contributed by atoms with E-state index in [4.69, 9.17) is 0 Å². The highest BCUT2D eigenvalue weighted by Crippen LogP contribution is 2.19. The lowest BCUT2D eigenvalue weighted by Gasteiger charge is -2.28. The minimum Gasteiger partial charge on any atom is -0.391 e. The van der Waals surface area contributed by atoms with Crippen LogP contribution in [0.5, 0.6) is 0 Å². The molecule has 1 aliphatic carbocycles. The van der Waals surface area contributed by atoms with Gasteiger partial charge in [0.25, 0.3) is 5.91 Å². The number of hydrogen-bond acceptors (Lipinski definition) is 3. The summed E-state index contributed by atoms with van der Waals surface area (Å²) in [6.07, 6.45) is 3.47. The van der Waals surface area contributed by atoms with Crippen LogP contribution in [-0.2, 0) is 0 Å². The molecule has 3 nitrogen and oxygen atoms in total. The van der Waals surface area contributed by atoms with Crippen LogP contribution in [0.25, 0.3) is 0 Å². The van der Waals surface area contributed by atoms with Crippen molar-refractivity contribution in [2.24, 2.45) is 0 Å². The van der Waals surface area contributed by atoms with E-state index in [-0.39, 0.29) is 18.1 Å². The molecule has 1 amide bonds. The van der Waals surface area contributed by atoms with Crippen molar-refractivity contribution in [3.63, 3.8) is 0 Å². The number of thiophene rings is 1. The Hall–Kier alpha value is -0.870. The van der Waals surface area contributed by atoms with E-state index in [2.05, 4.69) is 5.32 Å². The summed E-state index contributed by atoms with van der Waals surface area (Å²) in [6.45, 7) is 0. The summed E-state index contributed by atoms with van der Waals surface area (Å²) in [4.78, 5) is 12.4. The monoisotopic (exact) mass is 225 g/mol. The first kappa shape index (κ1) is 10.6. The van der Waals surface area contributed by atoms with Gasteiger partial charge >= 0.3 is 0 Å². The van der Waals surface area contributed by atoms with Crippen molar-refractivity contribution in [2.45, 2.75) is 37.8 Å². The highest BCUT2D eigenvalue weighted by molar-refractivity contribution is 7.12. The Morgan fingerprint density at radius 1 is 1.47 bits per heavy atom. The van der Waals surface area contributed by atoms with E-state index in [0.717, 1.165) is 25.7 Å². The number of aliphatic hydroxyl groups is 1. The van der Waals surface area contributed by atoms with Crippen LogP contribution in [0.15, 0.2) is 17.5 Å². The van der Waals surface area contributed by atoms with Crippen LogP contribution >= 0.6 is 11.3 Å². The van der Waals surface area contributed by atoms with Crippen LogP contribution in [-0.4, -0.2) is 23.2 Å². The van der Waals surface area contributed by atoms with E-state index < -0.39 is 0 Å². The molecule has 0 unspecified atom stereocenters. The third-order valence-electron chi connectivity index (χ3n) is 2.79. The second-order valence-corrected chi connectivity index (χ2v) is 4.86. The minimum absolute atomic E-state index is 0.0593. The predicted octanol–water partition coefficient (Wildman–Crippen LogP) is 1.78. The van der Waals surface area contributed by atoms with Crippen molar-refractivity contribution in [1.29, 1.82) is 0 Å². The Kier molecular flexibility index (Phi) is 3.38. The normalized spacial score (nSPS) is 26.2. The van der Waals surface area contributed by atoms with Gasteiger partial charge in [0.05, 0.1) is 17.0 Å². The van der Waals surface area contributed by atoms with Crippen molar-refractivity contribution < 1.29 is 9.90 Å². The van der Waals surface area contributed by atoms with E-state index in [1.807, 2.05) is 11.4 Å². The van der Waals surface area contributed by atoms with E-state index in [1.54, 1.807) is 6.07 Å². The summed E-state index contributed by atoms with van der Waals surface area (Å²) < 4.78 is 0. The highest BCUT2D eigenvalue weighted by Gasteiger charge is 2.24. The number of amides is 1. The van der Waals surface area contributed by atoms with E-state index >= 15 is 0 Å². The third kappa shape index (κ3) is 2.58. The van der Waals surface area contributed by atoms with Crippen molar-refractivity contribution in [1.82, 2.24) is 5.32 Å². The van der Waals surface area contributed by atoms with Crippen LogP contribution < -0.4 is 5.32 Å². The molecule has 82 valence electrons. The maximum atomic E-state index is 11.7. The minimum atomic E-state index is -0.373. The Balaban J connectivity index is 1.93. The van der Waals surface area contributed by atoms with Crippen molar-refractivity contribution in [2.75, 3.05) is 0 Å². The quantitative estimate of drug-likeness (QED) is 0.806. The Morgan fingerprint density at radius 2 is 2.27 bits per heavy atom. The maximum Gasteiger partial charge on any atom is 0.261 e. The molecule has 15 heavy (non-hydrogen) atoms. The van der Waals surface area contributed by atoms with Crippen LogP contribution in [0.1, 0.15) is 35.4 Å². The first-order chi connectivity index (χ1) is 7.27. The van der Waals surface area contributed by atoms with Crippen LogP contribution in [0, 0.1) is 0 Å². The SMILES string of the molecule is O=C(N[C@@H]1CCCC[C@@H]1O)c1cccs1. The number of nitrogens with one attached hydrogen (secondary N) is 1. The third-order valence-corrected chi connectivity index (χ3v) is 3.66. The van der Waals surface area contributed by atoms with E-state index in [0.29, 0.717) is 4.88 Å². The molecule has 1 aliphatic rings. The van der Waals surface area contributed by atoms with Crippen molar-refractivity contribution >= 4 is 17.2 Å². The Labute approximate surface area is 93.1 Å². The first-order valence-corrected chi connectivity index (χ1v) is 6.18. The summed E-state index contributed by atoms with van der Waals surface area (Å²) in [5, 5.41) is 14.5. The Morgan fingerprint density at radius 3 is 2.93 bits per heavy atom. The second kappa shape index (κ2) is 4.77. The zero-order chi connectivity index (χ0) is 10.7. The van der Waals surface area contributed by atoms with Crippen LogP contribution in [0.2, 0.25) is 0 Å². The van der Waals surface area contributed by atoms with Crippen molar-refractivity contribution in [3.05, 3.63) is 22.4 Å². The first-order valence-electron chi connectivity index (χ1n) is 5.30. The zero-order valence-corrected chi connectivity index (χ0v) is 9.30. The van der Waals surface area contributed by atoms with Gasteiger partial charge in [-0.1, -0.05) is 18.9 Å². The van der Waals surface area contributed by atoms with E-state index in [1.165, 1.54) is 11.3 Å². The molecular formula is C11H15NO2S. The fourth-order valence-electron chi connectivity index (χ4n) is 1.93. The lowest BCUT2D eigenvalue weighted by atomic mass is 9.92. The smallest absolute Gasteiger partial charge is 0.261 e. The predicted molar refractivity (Wildman–Crippen MR) is 60.0 cm³/mol. The number of rotatable bonds is 2. The molecule has 0 saturated heterocycles. The van der Waals surface area contributed by atoms with Crippen LogP contribution in [0.4, 0.5) is 0 Å². The van der Waals surface area contributed by atoms with Gasteiger partial charge in [0, 0.05) is 0 Å². The molecule has 0 spiro atoms. The van der Waals surface area contributed by atoms with E-state index in [9.17, 15) is 9.90 Å². The fourth-order valence-corrected chi connectivity index (χ4v) is 2.55. The average molecular weight is 225 g/mol. The number of aliphatic hydroxyl groups excluding tert-OH is 1. The summed E-state index contributed by atoms with van der Waals surface area (Å²) in [5.41, 5.74) is 0. The summed E-state index contributed by atoms with van der Waals surface area (Å²) in [7, 11) is 0. The molecule has 2 atom stereocenters. The number of hydrogen-bond donors (Lipinski definition) is 2. The molecule has 0 bridgehead atoms.